The smallest absolute Gasteiger partial charge is 0.298 e. The van der Waals surface area contributed by atoms with Gasteiger partial charge in [0, 0.05) is 0 Å². The zero-order valence-corrected chi connectivity index (χ0v) is 6.72. The lowest BCUT2D eigenvalue weighted by Gasteiger charge is -2.18. The number of rotatable bonds is 2. The Hall–Kier alpha value is 0.0200. The van der Waals surface area contributed by atoms with Crippen molar-refractivity contribution in [3.05, 3.63) is 0 Å². The van der Waals surface area contributed by atoms with E-state index in [0.29, 0.717) is 0 Å². The Balaban J connectivity index is 2.19. The lowest BCUT2D eigenvalue weighted by atomic mass is 9.98. The maximum absolute atomic E-state index is 10.2. The molecule has 0 amide bonds. The van der Waals surface area contributed by atoms with Gasteiger partial charge in [-0.25, -0.2) is 4.57 Å². The first kappa shape index (κ1) is 8.12. The summed E-state index contributed by atoms with van der Waals surface area (Å²) in [5.41, 5.74) is 0. The van der Waals surface area contributed by atoms with Crippen molar-refractivity contribution < 1.29 is 14.0 Å². The van der Waals surface area contributed by atoms with Crippen molar-refractivity contribution in [2.45, 2.75) is 38.2 Å². The fourth-order valence-corrected chi connectivity index (χ4v) is 1.76. The normalized spacial score (nSPS) is 22.7. The third kappa shape index (κ3) is 2.74. The predicted octanol–water partition coefficient (Wildman–Crippen LogP) is 1.99. The zero-order chi connectivity index (χ0) is 7.40. The Morgan fingerprint density at radius 3 is 2.40 bits per heavy atom. The molecule has 1 saturated carbocycles. The van der Waals surface area contributed by atoms with Gasteiger partial charge in [0.2, 0.25) is 0 Å². The van der Waals surface area contributed by atoms with Crippen LogP contribution in [-0.4, -0.2) is 11.0 Å². The van der Waals surface area contributed by atoms with Crippen LogP contribution in [0.15, 0.2) is 0 Å². The molecular weight excluding hydrogens is 151 g/mol. The van der Waals surface area contributed by atoms with E-state index < -0.39 is 8.25 Å². The molecule has 1 N–H and O–H groups in total. The van der Waals surface area contributed by atoms with Gasteiger partial charge in [-0.2, -0.15) is 0 Å². The minimum Gasteiger partial charge on any atom is -0.298 e. The van der Waals surface area contributed by atoms with Crippen molar-refractivity contribution >= 4 is 8.25 Å². The van der Waals surface area contributed by atoms with Crippen LogP contribution >= 0.6 is 8.25 Å². The summed E-state index contributed by atoms with van der Waals surface area (Å²) in [5.74, 6) is 0. The summed E-state index contributed by atoms with van der Waals surface area (Å²) >= 11 is 0. The maximum atomic E-state index is 10.2. The maximum Gasteiger partial charge on any atom is 0.366 e. The Kier molecular flexibility index (Phi) is 3.26. The zero-order valence-electron chi connectivity index (χ0n) is 5.82. The van der Waals surface area contributed by atoms with Gasteiger partial charge >= 0.3 is 8.25 Å². The molecule has 0 spiro atoms. The molecule has 0 aromatic carbocycles. The molecule has 0 bridgehead atoms. The quantitative estimate of drug-likeness (QED) is 0.633. The minimum absolute atomic E-state index is 0.0439. The van der Waals surface area contributed by atoms with Crippen LogP contribution < -0.4 is 0 Å². The number of hydrogen-bond acceptors (Lipinski definition) is 2. The van der Waals surface area contributed by atoms with Crippen LogP contribution in [0.1, 0.15) is 32.1 Å². The lowest BCUT2D eigenvalue weighted by Crippen LogP contribution is -2.12. The van der Waals surface area contributed by atoms with E-state index in [1.807, 2.05) is 0 Å². The third-order valence-corrected chi connectivity index (χ3v) is 2.27. The molecule has 1 aliphatic carbocycles. The van der Waals surface area contributed by atoms with Gasteiger partial charge in [-0.15, -0.1) is 0 Å². The van der Waals surface area contributed by atoms with E-state index in [-0.39, 0.29) is 6.10 Å². The van der Waals surface area contributed by atoms with Crippen LogP contribution in [0, 0.1) is 0 Å². The predicted molar refractivity (Wildman–Crippen MR) is 37.8 cm³/mol. The molecule has 4 heteroatoms. The summed E-state index contributed by atoms with van der Waals surface area (Å²) in [6, 6.07) is 0. The van der Waals surface area contributed by atoms with Gasteiger partial charge in [0.05, 0.1) is 6.10 Å². The summed E-state index contributed by atoms with van der Waals surface area (Å²) in [4.78, 5) is 8.39. The van der Waals surface area contributed by atoms with Crippen molar-refractivity contribution in [2.75, 3.05) is 0 Å². The summed E-state index contributed by atoms with van der Waals surface area (Å²) in [5, 5.41) is 0. The Morgan fingerprint density at radius 2 is 1.90 bits per heavy atom. The van der Waals surface area contributed by atoms with E-state index in [2.05, 4.69) is 0 Å². The Morgan fingerprint density at radius 1 is 1.30 bits per heavy atom. The van der Waals surface area contributed by atoms with E-state index in [0.717, 1.165) is 25.7 Å². The Bertz CT molecular complexity index is 120. The largest absolute Gasteiger partial charge is 0.366 e. The monoisotopic (exact) mass is 163 g/mol. The first-order chi connectivity index (χ1) is 4.79. The highest BCUT2D eigenvalue weighted by Crippen LogP contribution is 2.27. The molecule has 1 atom stereocenters. The van der Waals surface area contributed by atoms with Crippen LogP contribution in [-0.2, 0) is 9.09 Å². The van der Waals surface area contributed by atoms with Gasteiger partial charge in [0.15, 0.2) is 0 Å². The van der Waals surface area contributed by atoms with Crippen molar-refractivity contribution in [2.24, 2.45) is 0 Å². The van der Waals surface area contributed by atoms with Gasteiger partial charge in [-0.3, -0.25) is 9.42 Å². The van der Waals surface area contributed by atoms with Crippen LogP contribution in [0.2, 0.25) is 0 Å². The van der Waals surface area contributed by atoms with Crippen LogP contribution in [0.25, 0.3) is 0 Å². The molecule has 1 aliphatic rings. The second kappa shape index (κ2) is 4.02. The fraction of sp³-hybridized carbons (Fsp3) is 1.00. The van der Waals surface area contributed by atoms with E-state index in [1.54, 1.807) is 0 Å². The van der Waals surface area contributed by atoms with E-state index in [4.69, 9.17) is 9.42 Å². The summed E-state index contributed by atoms with van der Waals surface area (Å²) in [6.45, 7) is 0. The number of hydrogen-bond donors (Lipinski definition) is 1. The topological polar surface area (TPSA) is 46.5 Å². The van der Waals surface area contributed by atoms with E-state index in [1.165, 1.54) is 6.42 Å². The van der Waals surface area contributed by atoms with Crippen LogP contribution in [0.3, 0.4) is 0 Å². The molecule has 59 valence electrons. The SMILES string of the molecule is O=[P](O)OC1CCCCC1. The average Bonchev–Trinajstić information content (AvgIpc) is 1.88. The van der Waals surface area contributed by atoms with Crippen LogP contribution in [0.4, 0.5) is 0 Å². The first-order valence-corrected chi connectivity index (χ1v) is 4.75. The van der Waals surface area contributed by atoms with Gasteiger partial charge < -0.3 is 0 Å². The molecule has 0 heterocycles. The van der Waals surface area contributed by atoms with Gasteiger partial charge in [0.1, 0.15) is 0 Å². The molecule has 1 rings (SSSR count). The lowest BCUT2D eigenvalue weighted by molar-refractivity contribution is 0.147. The van der Waals surface area contributed by atoms with Crippen molar-refractivity contribution in [3.63, 3.8) is 0 Å². The van der Waals surface area contributed by atoms with Gasteiger partial charge in [0.25, 0.3) is 0 Å². The van der Waals surface area contributed by atoms with Gasteiger partial charge in [-0.05, 0) is 12.8 Å². The molecule has 0 aromatic heterocycles. The van der Waals surface area contributed by atoms with E-state index >= 15 is 0 Å². The average molecular weight is 163 g/mol. The second-order valence-electron chi connectivity index (χ2n) is 2.60. The molecule has 3 nitrogen and oxygen atoms in total. The first-order valence-electron chi connectivity index (χ1n) is 3.62. The van der Waals surface area contributed by atoms with Crippen molar-refractivity contribution in [3.8, 4) is 0 Å². The molecule has 10 heavy (non-hydrogen) atoms. The van der Waals surface area contributed by atoms with Crippen molar-refractivity contribution in [1.82, 2.24) is 0 Å². The molecule has 1 radical (unpaired) electrons. The molecule has 0 aromatic rings. The van der Waals surface area contributed by atoms with E-state index in [9.17, 15) is 4.57 Å². The highest BCUT2D eigenvalue weighted by Gasteiger charge is 2.15. The summed E-state index contributed by atoms with van der Waals surface area (Å²) in [7, 11) is -2.37. The molecular formula is C6H12O3P. The molecule has 0 aliphatic heterocycles. The minimum atomic E-state index is -2.37. The standard InChI is InChI=1S/C6H12O3P/c7-10(8)9-6-4-2-1-3-5-6/h6H,1-5H2,(H,7,8). The fourth-order valence-electron chi connectivity index (χ4n) is 1.30. The highest BCUT2D eigenvalue weighted by atomic mass is 31.1. The molecule has 0 saturated heterocycles. The summed E-state index contributed by atoms with van der Waals surface area (Å²) in [6.07, 6.45) is 5.44. The summed E-state index contributed by atoms with van der Waals surface area (Å²) < 4.78 is 14.9. The molecule has 1 unspecified atom stereocenters. The van der Waals surface area contributed by atoms with Crippen LogP contribution in [0.5, 0.6) is 0 Å². The second-order valence-corrected chi connectivity index (χ2v) is 3.29. The van der Waals surface area contributed by atoms with Gasteiger partial charge in [-0.1, -0.05) is 19.3 Å². The molecule has 1 fully saturated rings. The third-order valence-electron chi connectivity index (χ3n) is 1.79. The Labute approximate surface area is 61.3 Å². The highest BCUT2D eigenvalue weighted by molar-refractivity contribution is 7.32. The van der Waals surface area contributed by atoms with Crippen molar-refractivity contribution in [1.29, 1.82) is 0 Å².